The van der Waals surface area contributed by atoms with E-state index < -0.39 is 0 Å². The fourth-order valence-electron chi connectivity index (χ4n) is 3.11. The van der Waals surface area contributed by atoms with Gasteiger partial charge in [-0.2, -0.15) is 0 Å². The van der Waals surface area contributed by atoms with Gasteiger partial charge in [0.25, 0.3) is 0 Å². The van der Waals surface area contributed by atoms with Crippen LogP contribution < -0.4 is 0 Å². The molecule has 0 aromatic heterocycles. The molecule has 0 radical (unpaired) electrons. The first-order chi connectivity index (χ1) is 6.23. The highest BCUT2D eigenvalue weighted by molar-refractivity contribution is 5.76. The normalized spacial score (nSPS) is 31.3. The lowest BCUT2D eigenvalue weighted by Gasteiger charge is -2.12. The fraction of sp³-hybridized carbons (Fsp3) is 0.917. The van der Waals surface area contributed by atoms with Gasteiger partial charge in [-0.1, -0.05) is 25.7 Å². The van der Waals surface area contributed by atoms with E-state index in [4.69, 9.17) is 0 Å². The standard InChI is InChI=1S/C12H20O/c1-10(13)8-11-9-12(11)6-4-2-3-5-7-12/h11H,2-9H2,1H3. The third kappa shape index (κ3) is 1.95. The zero-order chi connectivity index (χ0) is 9.31. The first-order valence-corrected chi connectivity index (χ1v) is 5.72. The molecule has 2 aliphatic carbocycles. The maximum absolute atomic E-state index is 11.0. The SMILES string of the molecule is CC(=O)CC1CC12CCCCCC2. The lowest BCUT2D eigenvalue weighted by molar-refractivity contribution is -0.117. The van der Waals surface area contributed by atoms with Gasteiger partial charge in [0, 0.05) is 6.42 Å². The van der Waals surface area contributed by atoms with E-state index in [9.17, 15) is 4.79 Å². The van der Waals surface area contributed by atoms with Crippen LogP contribution in [-0.2, 0) is 4.79 Å². The summed E-state index contributed by atoms with van der Waals surface area (Å²) in [5.41, 5.74) is 0.641. The second-order valence-corrected chi connectivity index (χ2v) is 5.08. The zero-order valence-corrected chi connectivity index (χ0v) is 8.64. The third-order valence-corrected chi connectivity index (χ3v) is 3.99. The highest BCUT2D eigenvalue weighted by Gasteiger charge is 2.52. The Labute approximate surface area is 80.9 Å². The van der Waals surface area contributed by atoms with Crippen LogP contribution in [-0.4, -0.2) is 5.78 Å². The van der Waals surface area contributed by atoms with Crippen LogP contribution in [0.15, 0.2) is 0 Å². The highest BCUT2D eigenvalue weighted by atomic mass is 16.1. The molecule has 13 heavy (non-hydrogen) atoms. The van der Waals surface area contributed by atoms with Crippen LogP contribution in [0.25, 0.3) is 0 Å². The van der Waals surface area contributed by atoms with Crippen molar-refractivity contribution in [1.29, 1.82) is 0 Å². The number of hydrogen-bond acceptors (Lipinski definition) is 1. The van der Waals surface area contributed by atoms with Gasteiger partial charge in [0.15, 0.2) is 0 Å². The minimum absolute atomic E-state index is 0.395. The Balaban J connectivity index is 1.88. The van der Waals surface area contributed by atoms with Crippen LogP contribution in [0, 0.1) is 11.3 Å². The molecular weight excluding hydrogens is 160 g/mol. The maximum atomic E-state index is 11.0. The summed E-state index contributed by atoms with van der Waals surface area (Å²) in [5, 5.41) is 0. The van der Waals surface area contributed by atoms with Crippen molar-refractivity contribution in [2.24, 2.45) is 11.3 Å². The van der Waals surface area contributed by atoms with E-state index in [0.717, 1.165) is 12.3 Å². The summed E-state index contributed by atoms with van der Waals surface area (Å²) in [6, 6.07) is 0. The molecule has 0 N–H and O–H groups in total. The molecule has 0 aromatic rings. The Morgan fingerprint density at radius 2 is 1.85 bits per heavy atom. The van der Waals surface area contributed by atoms with Gasteiger partial charge in [0.1, 0.15) is 5.78 Å². The van der Waals surface area contributed by atoms with E-state index in [2.05, 4.69) is 0 Å². The lowest BCUT2D eigenvalue weighted by atomic mass is 9.92. The molecule has 1 unspecified atom stereocenters. The number of carbonyl (C=O) groups is 1. The molecule has 0 heterocycles. The van der Waals surface area contributed by atoms with Crippen molar-refractivity contribution < 1.29 is 4.79 Å². The van der Waals surface area contributed by atoms with E-state index in [1.165, 1.54) is 44.9 Å². The molecule has 2 saturated carbocycles. The van der Waals surface area contributed by atoms with Gasteiger partial charge in [-0.25, -0.2) is 0 Å². The van der Waals surface area contributed by atoms with E-state index >= 15 is 0 Å². The summed E-state index contributed by atoms with van der Waals surface area (Å²) in [5.74, 6) is 1.16. The number of rotatable bonds is 2. The van der Waals surface area contributed by atoms with Gasteiger partial charge in [0.2, 0.25) is 0 Å². The second-order valence-electron chi connectivity index (χ2n) is 5.08. The topological polar surface area (TPSA) is 17.1 Å². The quantitative estimate of drug-likeness (QED) is 0.637. The molecule has 1 nitrogen and oxygen atoms in total. The molecule has 1 spiro atoms. The Morgan fingerprint density at radius 1 is 1.23 bits per heavy atom. The number of Topliss-reactive ketones (excluding diaryl/α,β-unsaturated/α-hetero) is 1. The average Bonchev–Trinajstić information content (AvgIpc) is 2.76. The van der Waals surface area contributed by atoms with Crippen molar-refractivity contribution in [3.8, 4) is 0 Å². The van der Waals surface area contributed by atoms with Gasteiger partial charge in [0.05, 0.1) is 0 Å². The molecule has 2 aliphatic rings. The van der Waals surface area contributed by atoms with Gasteiger partial charge in [-0.05, 0) is 37.5 Å². The summed E-state index contributed by atoms with van der Waals surface area (Å²) in [7, 11) is 0. The first kappa shape index (κ1) is 9.23. The predicted molar refractivity (Wildman–Crippen MR) is 53.5 cm³/mol. The molecule has 1 atom stereocenters. The molecule has 0 amide bonds. The van der Waals surface area contributed by atoms with E-state index in [0.29, 0.717) is 11.2 Å². The van der Waals surface area contributed by atoms with Crippen LogP contribution in [0.3, 0.4) is 0 Å². The smallest absolute Gasteiger partial charge is 0.130 e. The Hall–Kier alpha value is -0.330. The first-order valence-electron chi connectivity index (χ1n) is 5.72. The third-order valence-electron chi connectivity index (χ3n) is 3.99. The van der Waals surface area contributed by atoms with Gasteiger partial charge >= 0.3 is 0 Å². The molecule has 1 heteroatoms. The van der Waals surface area contributed by atoms with E-state index in [-0.39, 0.29) is 0 Å². The van der Waals surface area contributed by atoms with Gasteiger partial charge in [-0.15, -0.1) is 0 Å². The summed E-state index contributed by atoms with van der Waals surface area (Å²) in [6.45, 7) is 1.74. The Morgan fingerprint density at radius 3 is 2.38 bits per heavy atom. The molecule has 0 bridgehead atoms. The number of hydrogen-bond donors (Lipinski definition) is 0. The molecule has 74 valence electrons. The molecule has 0 aromatic carbocycles. The van der Waals surface area contributed by atoms with Crippen LogP contribution in [0.2, 0.25) is 0 Å². The van der Waals surface area contributed by atoms with Crippen LogP contribution in [0.5, 0.6) is 0 Å². The summed E-state index contributed by atoms with van der Waals surface area (Å²) >= 11 is 0. The van der Waals surface area contributed by atoms with E-state index in [1.54, 1.807) is 6.92 Å². The van der Waals surface area contributed by atoms with Crippen LogP contribution >= 0.6 is 0 Å². The summed E-state index contributed by atoms with van der Waals surface area (Å²) in [4.78, 5) is 11.0. The minimum atomic E-state index is 0.395. The molecule has 0 aliphatic heterocycles. The predicted octanol–water partition coefficient (Wildman–Crippen LogP) is 3.33. The fourth-order valence-corrected chi connectivity index (χ4v) is 3.11. The van der Waals surface area contributed by atoms with Crippen molar-refractivity contribution in [1.82, 2.24) is 0 Å². The maximum Gasteiger partial charge on any atom is 0.130 e. The highest BCUT2D eigenvalue weighted by Crippen LogP contribution is 2.61. The number of ketones is 1. The lowest BCUT2D eigenvalue weighted by Crippen LogP contribution is -2.04. The van der Waals surface area contributed by atoms with Crippen molar-refractivity contribution in [2.75, 3.05) is 0 Å². The van der Waals surface area contributed by atoms with Gasteiger partial charge < -0.3 is 4.79 Å². The monoisotopic (exact) mass is 180 g/mol. The van der Waals surface area contributed by atoms with Crippen molar-refractivity contribution in [2.45, 2.75) is 58.3 Å². The zero-order valence-electron chi connectivity index (χ0n) is 8.64. The van der Waals surface area contributed by atoms with Crippen molar-refractivity contribution in [3.05, 3.63) is 0 Å². The van der Waals surface area contributed by atoms with Gasteiger partial charge in [-0.3, -0.25) is 0 Å². The second kappa shape index (κ2) is 3.43. The molecule has 0 saturated heterocycles. The van der Waals surface area contributed by atoms with Crippen LogP contribution in [0.1, 0.15) is 58.3 Å². The Kier molecular flexibility index (Phi) is 2.44. The minimum Gasteiger partial charge on any atom is -0.300 e. The molecular formula is C12H20O. The summed E-state index contributed by atoms with van der Waals surface area (Å²) < 4.78 is 0. The average molecular weight is 180 g/mol. The molecule has 2 fully saturated rings. The van der Waals surface area contributed by atoms with Crippen LogP contribution in [0.4, 0.5) is 0 Å². The Bertz CT molecular complexity index is 199. The molecule has 2 rings (SSSR count). The largest absolute Gasteiger partial charge is 0.300 e. The van der Waals surface area contributed by atoms with Crippen molar-refractivity contribution >= 4 is 5.78 Å². The number of carbonyl (C=O) groups excluding carboxylic acids is 1. The van der Waals surface area contributed by atoms with E-state index in [1.807, 2.05) is 0 Å². The van der Waals surface area contributed by atoms with Crippen molar-refractivity contribution in [3.63, 3.8) is 0 Å². The summed E-state index contributed by atoms with van der Waals surface area (Å²) in [6.07, 6.45) is 10.7.